The van der Waals surface area contributed by atoms with Crippen molar-refractivity contribution >= 4 is 34.3 Å². The molecule has 4 aromatic rings. The molecule has 0 fully saturated rings. The molecule has 0 saturated carbocycles. The number of fused-ring (bicyclic) bond motifs is 2. The fourth-order valence-electron chi connectivity index (χ4n) is 3.90. The highest BCUT2D eigenvalue weighted by Crippen LogP contribution is 2.41. The second-order valence-corrected chi connectivity index (χ2v) is 7.83. The zero-order valence-electron chi connectivity index (χ0n) is 16.9. The molecule has 2 aromatic carbocycles. The Morgan fingerprint density at radius 1 is 1.10 bits per heavy atom. The lowest BCUT2D eigenvalue weighted by Gasteiger charge is -2.22. The summed E-state index contributed by atoms with van der Waals surface area (Å²) < 4.78 is 16.4. The average Bonchev–Trinajstić information content (AvgIpc) is 3.31. The number of rotatable bonds is 3. The maximum absolute atomic E-state index is 13.6. The van der Waals surface area contributed by atoms with Crippen LogP contribution in [0.1, 0.15) is 39.0 Å². The van der Waals surface area contributed by atoms with E-state index in [0.29, 0.717) is 38.9 Å². The van der Waals surface area contributed by atoms with Crippen molar-refractivity contribution < 1.29 is 18.5 Å². The fourth-order valence-corrected chi connectivity index (χ4v) is 4.06. The number of aromatic nitrogens is 1. The molecule has 1 aliphatic rings. The minimum Gasteiger partial charge on any atom is -0.497 e. The van der Waals surface area contributed by atoms with E-state index in [4.69, 9.17) is 25.3 Å². The van der Waals surface area contributed by atoms with Crippen LogP contribution in [0.3, 0.4) is 0 Å². The van der Waals surface area contributed by atoms with Crippen LogP contribution in [0.5, 0.6) is 5.75 Å². The highest BCUT2D eigenvalue weighted by Gasteiger charge is 2.45. The van der Waals surface area contributed by atoms with Gasteiger partial charge in [0.05, 0.1) is 24.1 Å². The quantitative estimate of drug-likeness (QED) is 0.458. The number of hydrogen-bond acceptors (Lipinski definition) is 6. The molecule has 156 valence electrons. The Morgan fingerprint density at radius 2 is 1.84 bits per heavy atom. The molecular weight excluding hydrogens is 420 g/mol. The number of anilines is 1. The van der Waals surface area contributed by atoms with Gasteiger partial charge in [0.2, 0.25) is 5.76 Å². The number of ether oxygens (including phenoxy) is 1. The molecule has 0 spiro atoms. The molecule has 7 nitrogen and oxygen atoms in total. The molecule has 0 saturated heterocycles. The smallest absolute Gasteiger partial charge is 0.296 e. The summed E-state index contributed by atoms with van der Waals surface area (Å²) in [6, 6.07) is 11.3. The number of benzene rings is 2. The Kier molecular flexibility index (Phi) is 4.37. The number of hydrogen-bond donors (Lipinski definition) is 0. The van der Waals surface area contributed by atoms with Crippen LogP contribution in [-0.2, 0) is 0 Å². The van der Waals surface area contributed by atoms with E-state index in [1.807, 2.05) is 0 Å². The van der Waals surface area contributed by atoms with Crippen LogP contribution >= 0.6 is 11.6 Å². The van der Waals surface area contributed by atoms with Crippen LogP contribution in [-0.4, -0.2) is 18.2 Å². The van der Waals surface area contributed by atoms with E-state index in [9.17, 15) is 9.59 Å². The van der Waals surface area contributed by atoms with Gasteiger partial charge < -0.3 is 13.7 Å². The lowest BCUT2D eigenvalue weighted by atomic mass is 9.98. The van der Waals surface area contributed by atoms with Crippen molar-refractivity contribution in [2.24, 2.45) is 0 Å². The van der Waals surface area contributed by atoms with Crippen LogP contribution in [0, 0.1) is 13.8 Å². The van der Waals surface area contributed by atoms with Gasteiger partial charge in [0.25, 0.3) is 5.91 Å². The van der Waals surface area contributed by atoms with Gasteiger partial charge in [-0.15, -0.1) is 0 Å². The summed E-state index contributed by atoms with van der Waals surface area (Å²) in [4.78, 5) is 28.4. The second kappa shape index (κ2) is 6.99. The number of nitrogens with zero attached hydrogens (tertiary/aromatic N) is 2. The predicted molar refractivity (Wildman–Crippen MR) is 115 cm³/mol. The van der Waals surface area contributed by atoms with Gasteiger partial charge in [-0.05, 0) is 49.2 Å². The van der Waals surface area contributed by atoms with Crippen molar-refractivity contribution in [3.63, 3.8) is 0 Å². The van der Waals surface area contributed by atoms with Crippen LogP contribution in [0.4, 0.5) is 5.82 Å². The van der Waals surface area contributed by atoms with Crippen LogP contribution in [0.25, 0.3) is 11.0 Å². The van der Waals surface area contributed by atoms with Gasteiger partial charge in [-0.2, -0.15) is 0 Å². The largest absolute Gasteiger partial charge is 0.497 e. The van der Waals surface area contributed by atoms with E-state index in [2.05, 4.69) is 5.16 Å². The number of amides is 1. The Bertz CT molecular complexity index is 1400. The van der Waals surface area contributed by atoms with E-state index in [1.54, 1.807) is 63.4 Å². The van der Waals surface area contributed by atoms with Crippen molar-refractivity contribution in [2.45, 2.75) is 19.9 Å². The fraction of sp³-hybridized carbons (Fsp3) is 0.174. The van der Waals surface area contributed by atoms with Gasteiger partial charge in [0, 0.05) is 11.1 Å². The number of halogens is 1. The molecule has 31 heavy (non-hydrogen) atoms. The average molecular weight is 437 g/mol. The molecule has 0 bridgehead atoms. The molecule has 2 aromatic heterocycles. The Hall–Kier alpha value is -3.58. The summed E-state index contributed by atoms with van der Waals surface area (Å²) in [6.45, 7) is 3.54. The van der Waals surface area contributed by atoms with E-state index >= 15 is 0 Å². The van der Waals surface area contributed by atoms with Crippen molar-refractivity contribution in [2.75, 3.05) is 12.0 Å². The second-order valence-electron chi connectivity index (χ2n) is 7.42. The third-order valence-electron chi connectivity index (χ3n) is 5.45. The molecule has 8 heteroatoms. The van der Waals surface area contributed by atoms with Gasteiger partial charge in [-0.1, -0.05) is 28.9 Å². The first kappa shape index (κ1) is 19.4. The molecule has 3 heterocycles. The Balaban J connectivity index is 1.80. The molecule has 0 unspecified atom stereocenters. The zero-order chi connectivity index (χ0) is 21.9. The number of carbonyl (C=O) groups excluding carboxylic acids is 1. The van der Waals surface area contributed by atoms with E-state index in [1.165, 1.54) is 4.90 Å². The summed E-state index contributed by atoms with van der Waals surface area (Å²) in [6.07, 6.45) is 0. The summed E-state index contributed by atoms with van der Waals surface area (Å²) in [7, 11) is 1.57. The third kappa shape index (κ3) is 2.92. The molecule has 0 aliphatic carbocycles. The highest BCUT2D eigenvalue weighted by molar-refractivity contribution is 6.32. The summed E-state index contributed by atoms with van der Waals surface area (Å²) in [5.74, 6) is 1.02. The van der Waals surface area contributed by atoms with Gasteiger partial charge in [-0.25, -0.2) is 0 Å². The number of aryl methyl sites for hydroxylation is 2. The van der Waals surface area contributed by atoms with Gasteiger partial charge >= 0.3 is 0 Å². The van der Waals surface area contributed by atoms with Crippen molar-refractivity contribution in [3.05, 3.63) is 85.9 Å². The first-order valence-electron chi connectivity index (χ1n) is 9.56. The standard InChI is InChI=1S/C23H17ClN2O5/c1-11-8-17-15(10-16(11)24)21(27)19-20(13-4-6-14(29-3)7-5-13)26(23(28)22(19)30-17)18-9-12(2)31-25-18/h4-10,20H,1-3H3/t20-/m1/s1. The van der Waals surface area contributed by atoms with Crippen LogP contribution in [0.15, 0.2) is 56.2 Å². The van der Waals surface area contributed by atoms with Crippen molar-refractivity contribution in [1.29, 1.82) is 0 Å². The monoisotopic (exact) mass is 436 g/mol. The van der Waals surface area contributed by atoms with Crippen LogP contribution < -0.4 is 15.1 Å². The van der Waals surface area contributed by atoms with Gasteiger partial charge in [0.1, 0.15) is 17.1 Å². The number of methoxy groups -OCH3 is 1. The van der Waals surface area contributed by atoms with Crippen molar-refractivity contribution in [1.82, 2.24) is 5.16 Å². The van der Waals surface area contributed by atoms with E-state index < -0.39 is 11.9 Å². The van der Waals surface area contributed by atoms with Gasteiger partial charge in [0.15, 0.2) is 11.2 Å². The first-order chi connectivity index (χ1) is 14.9. The summed E-state index contributed by atoms with van der Waals surface area (Å²) in [5, 5.41) is 4.78. The molecule has 1 aliphatic heterocycles. The topological polar surface area (TPSA) is 85.8 Å². The SMILES string of the molecule is COc1ccc([C@@H]2c3c(oc4cc(C)c(Cl)cc4c3=O)C(=O)N2c2cc(C)on2)cc1. The summed E-state index contributed by atoms with van der Waals surface area (Å²) in [5.41, 5.74) is 1.70. The normalized spacial score (nSPS) is 15.5. The molecule has 1 amide bonds. The minimum absolute atomic E-state index is 0.0132. The van der Waals surface area contributed by atoms with E-state index in [0.717, 1.165) is 5.56 Å². The lowest BCUT2D eigenvalue weighted by Crippen LogP contribution is -2.29. The first-order valence-corrected chi connectivity index (χ1v) is 9.94. The Morgan fingerprint density at radius 3 is 2.48 bits per heavy atom. The predicted octanol–water partition coefficient (Wildman–Crippen LogP) is 4.81. The third-order valence-corrected chi connectivity index (χ3v) is 5.85. The molecular formula is C23H17ClN2O5. The van der Waals surface area contributed by atoms with Crippen LogP contribution in [0.2, 0.25) is 5.02 Å². The van der Waals surface area contributed by atoms with Gasteiger partial charge in [-0.3, -0.25) is 14.5 Å². The molecule has 0 radical (unpaired) electrons. The minimum atomic E-state index is -0.737. The molecule has 5 rings (SSSR count). The summed E-state index contributed by atoms with van der Waals surface area (Å²) >= 11 is 6.26. The molecule has 0 N–H and O–H groups in total. The van der Waals surface area contributed by atoms with Crippen molar-refractivity contribution in [3.8, 4) is 5.75 Å². The number of carbonyl (C=O) groups is 1. The van der Waals surface area contributed by atoms with E-state index in [-0.39, 0.29) is 16.8 Å². The maximum atomic E-state index is 13.6. The molecule has 1 atom stereocenters. The highest BCUT2D eigenvalue weighted by atomic mass is 35.5. The lowest BCUT2D eigenvalue weighted by molar-refractivity contribution is 0.0969. The Labute approximate surface area is 181 Å². The maximum Gasteiger partial charge on any atom is 0.296 e. The zero-order valence-corrected chi connectivity index (χ0v) is 17.7.